The number of aliphatic hydroxyl groups excluding tert-OH is 2. The molecule has 0 aliphatic heterocycles. The molecule has 0 rings (SSSR count). The summed E-state index contributed by atoms with van der Waals surface area (Å²) in [5.74, 6) is -0.0665. The lowest BCUT2D eigenvalue weighted by Gasteiger charge is -2.33. The maximum absolute atomic E-state index is 11.1. The minimum atomic E-state index is -1.02. The van der Waals surface area contributed by atoms with Gasteiger partial charge in [0.2, 0.25) is 0 Å². The number of unbranched alkanes of at least 4 members (excludes halogenated alkanes) is 11. The lowest BCUT2D eigenvalue weighted by molar-refractivity contribution is -0.00942. The van der Waals surface area contributed by atoms with Gasteiger partial charge >= 0.3 is 0 Å². The van der Waals surface area contributed by atoms with Gasteiger partial charge in [-0.1, -0.05) is 124 Å². The lowest BCUT2D eigenvalue weighted by atomic mass is 9.80. The summed E-state index contributed by atoms with van der Waals surface area (Å²) in [6.45, 7) is 15.0. The van der Waals surface area contributed by atoms with Crippen LogP contribution in [-0.4, -0.2) is 33.1 Å². The van der Waals surface area contributed by atoms with Gasteiger partial charge in [-0.25, -0.2) is 0 Å². The quantitative estimate of drug-likeness (QED) is 0.101. The van der Waals surface area contributed by atoms with E-state index in [-0.39, 0.29) is 18.1 Å². The van der Waals surface area contributed by atoms with Gasteiger partial charge in [0.15, 0.2) is 0 Å². The molecule has 0 saturated heterocycles. The molecular weight excluding hydrogens is 420 g/mol. The van der Waals surface area contributed by atoms with E-state index >= 15 is 0 Å². The third kappa shape index (κ3) is 18.9. The van der Waals surface area contributed by atoms with Crippen molar-refractivity contribution in [3.8, 4) is 0 Å². The second kappa shape index (κ2) is 19.8. The summed E-state index contributed by atoms with van der Waals surface area (Å²) in [6, 6.07) is 0. The number of hydrogen-bond acceptors (Lipinski definition) is 3. The highest BCUT2D eigenvalue weighted by Crippen LogP contribution is 2.30. The highest BCUT2D eigenvalue weighted by atomic mass is 16.3. The molecule has 0 aliphatic rings. The average Bonchev–Trinajstić information content (AvgIpc) is 2.77. The molecule has 204 valence electrons. The zero-order valence-electron chi connectivity index (χ0n) is 23.8. The van der Waals surface area contributed by atoms with Crippen molar-refractivity contribution < 1.29 is 15.3 Å². The SMILES string of the molecule is C=CC(O)(CCC(O)CCCCCCCCC)C(C)CC(O)CCCCCCCCC(C)(C)C. The van der Waals surface area contributed by atoms with E-state index in [0.29, 0.717) is 24.7 Å². The molecule has 0 aliphatic carbocycles. The molecule has 3 nitrogen and oxygen atoms in total. The standard InChI is InChI=1S/C31H62O3/c1-7-9-10-11-12-15-18-21-28(32)23-25-31(34,8-2)27(3)26-29(33)22-19-16-13-14-17-20-24-30(4,5)6/h8,27-29,32-34H,2,7,9-26H2,1,3-6H3. The van der Waals surface area contributed by atoms with Crippen LogP contribution in [-0.2, 0) is 0 Å². The molecule has 0 saturated carbocycles. The fourth-order valence-electron chi connectivity index (χ4n) is 4.90. The summed E-state index contributed by atoms with van der Waals surface area (Å²) in [7, 11) is 0. The Hall–Kier alpha value is -0.380. The minimum Gasteiger partial charge on any atom is -0.393 e. The summed E-state index contributed by atoms with van der Waals surface area (Å²) in [5.41, 5.74) is -0.574. The second-order valence-corrected chi connectivity index (χ2v) is 12.3. The molecule has 3 heteroatoms. The summed E-state index contributed by atoms with van der Waals surface area (Å²) in [5, 5.41) is 32.0. The Morgan fingerprint density at radius 1 is 0.676 bits per heavy atom. The summed E-state index contributed by atoms with van der Waals surface area (Å²) >= 11 is 0. The normalized spacial score (nSPS) is 16.7. The Balaban J connectivity index is 4.00. The Bertz CT molecular complexity index is 470. The summed E-state index contributed by atoms with van der Waals surface area (Å²) in [4.78, 5) is 0. The maximum Gasteiger partial charge on any atom is 0.0852 e. The number of aliphatic hydroxyl groups is 3. The predicted octanol–water partition coefficient (Wildman–Crippen LogP) is 8.74. The van der Waals surface area contributed by atoms with Gasteiger partial charge in [0.05, 0.1) is 17.8 Å². The van der Waals surface area contributed by atoms with Crippen molar-refractivity contribution in [1.82, 2.24) is 0 Å². The number of rotatable bonds is 23. The van der Waals surface area contributed by atoms with E-state index in [9.17, 15) is 15.3 Å². The first-order valence-electron chi connectivity index (χ1n) is 14.8. The molecule has 0 radical (unpaired) electrons. The van der Waals surface area contributed by atoms with Crippen molar-refractivity contribution in [3.05, 3.63) is 12.7 Å². The third-order valence-electron chi connectivity index (χ3n) is 7.57. The van der Waals surface area contributed by atoms with E-state index in [1.807, 2.05) is 6.92 Å². The molecule has 0 bridgehead atoms. The van der Waals surface area contributed by atoms with E-state index in [1.54, 1.807) is 6.08 Å². The van der Waals surface area contributed by atoms with E-state index in [4.69, 9.17) is 0 Å². The topological polar surface area (TPSA) is 60.7 Å². The van der Waals surface area contributed by atoms with Crippen LogP contribution >= 0.6 is 0 Å². The van der Waals surface area contributed by atoms with E-state index in [2.05, 4.69) is 34.3 Å². The molecule has 34 heavy (non-hydrogen) atoms. The Kier molecular flexibility index (Phi) is 19.5. The highest BCUT2D eigenvalue weighted by molar-refractivity contribution is 5.00. The summed E-state index contributed by atoms with van der Waals surface area (Å²) in [6.07, 6.45) is 21.6. The van der Waals surface area contributed by atoms with Crippen LogP contribution in [0.2, 0.25) is 0 Å². The molecule has 0 heterocycles. The van der Waals surface area contributed by atoms with Gasteiger partial charge in [0, 0.05) is 0 Å². The first-order valence-corrected chi connectivity index (χ1v) is 14.8. The van der Waals surface area contributed by atoms with E-state index in [1.165, 1.54) is 77.0 Å². The van der Waals surface area contributed by atoms with Crippen LogP contribution in [0.5, 0.6) is 0 Å². The molecule has 0 spiro atoms. The molecule has 4 unspecified atom stereocenters. The van der Waals surface area contributed by atoms with Crippen LogP contribution in [0.4, 0.5) is 0 Å². The zero-order valence-corrected chi connectivity index (χ0v) is 23.8. The summed E-state index contributed by atoms with van der Waals surface area (Å²) < 4.78 is 0. The maximum atomic E-state index is 11.1. The monoisotopic (exact) mass is 482 g/mol. The molecule has 0 aromatic carbocycles. The smallest absolute Gasteiger partial charge is 0.0852 e. The Morgan fingerprint density at radius 2 is 1.15 bits per heavy atom. The van der Waals surface area contributed by atoms with Gasteiger partial charge < -0.3 is 15.3 Å². The molecule has 0 aromatic rings. The van der Waals surface area contributed by atoms with Gasteiger partial charge in [0.25, 0.3) is 0 Å². The van der Waals surface area contributed by atoms with Crippen LogP contribution in [0.1, 0.15) is 157 Å². The highest BCUT2D eigenvalue weighted by Gasteiger charge is 2.32. The van der Waals surface area contributed by atoms with Gasteiger partial charge in [-0.05, 0) is 49.9 Å². The van der Waals surface area contributed by atoms with Crippen molar-refractivity contribution in [3.63, 3.8) is 0 Å². The van der Waals surface area contributed by atoms with Crippen molar-refractivity contribution >= 4 is 0 Å². The fraction of sp³-hybridized carbons (Fsp3) is 0.935. The first-order chi connectivity index (χ1) is 16.0. The van der Waals surface area contributed by atoms with Crippen LogP contribution in [0.25, 0.3) is 0 Å². The van der Waals surface area contributed by atoms with Crippen molar-refractivity contribution in [2.75, 3.05) is 0 Å². The largest absolute Gasteiger partial charge is 0.393 e. The Morgan fingerprint density at radius 3 is 1.65 bits per heavy atom. The molecule has 0 fully saturated rings. The molecule has 4 atom stereocenters. The molecule has 3 N–H and O–H groups in total. The van der Waals surface area contributed by atoms with E-state index < -0.39 is 5.60 Å². The van der Waals surface area contributed by atoms with Crippen molar-refractivity contribution in [2.24, 2.45) is 11.3 Å². The lowest BCUT2D eigenvalue weighted by Crippen LogP contribution is -2.37. The van der Waals surface area contributed by atoms with Gasteiger partial charge in [-0.2, -0.15) is 0 Å². The van der Waals surface area contributed by atoms with Crippen LogP contribution in [0.3, 0.4) is 0 Å². The molecule has 0 amide bonds. The molecule has 0 aromatic heterocycles. The third-order valence-corrected chi connectivity index (χ3v) is 7.57. The second-order valence-electron chi connectivity index (χ2n) is 12.3. The number of hydrogen-bond donors (Lipinski definition) is 3. The van der Waals surface area contributed by atoms with Crippen molar-refractivity contribution in [1.29, 1.82) is 0 Å². The van der Waals surface area contributed by atoms with Gasteiger partial charge in [0.1, 0.15) is 0 Å². The Labute approximate surface area is 213 Å². The van der Waals surface area contributed by atoms with Gasteiger partial charge in [-0.15, -0.1) is 6.58 Å². The van der Waals surface area contributed by atoms with Crippen molar-refractivity contribution in [2.45, 2.75) is 174 Å². The van der Waals surface area contributed by atoms with Crippen LogP contribution in [0, 0.1) is 11.3 Å². The van der Waals surface area contributed by atoms with Crippen LogP contribution < -0.4 is 0 Å². The first kappa shape index (κ1) is 33.6. The predicted molar refractivity (Wildman–Crippen MR) is 149 cm³/mol. The average molecular weight is 483 g/mol. The van der Waals surface area contributed by atoms with Crippen LogP contribution in [0.15, 0.2) is 12.7 Å². The van der Waals surface area contributed by atoms with E-state index in [0.717, 1.165) is 25.7 Å². The minimum absolute atomic E-state index is 0.0665. The fourth-order valence-corrected chi connectivity index (χ4v) is 4.90. The van der Waals surface area contributed by atoms with Gasteiger partial charge in [-0.3, -0.25) is 0 Å². The zero-order chi connectivity index (χ0) is 25.9. The molecular formula is C31H62O3.